The summed E-state index contributed by atoms with van der Waals surface area (Å²) < 4.78 is 0. The van der Waals surface area contributed by atoms with E-state index in [0.29, 0.717) is 0 Å². The first-order valence-electron chi connectivity index (χ1n) is 6.87. The molecule has 2 fully saturated rings. The van der Waals surface area contributed by atoms with Crippen LogP contribution in [0.1, 0.15) is 33.1 Å². The van der Waals surface area contributed by atoms with Gasteiger partial charge in [0.15, 0.2) is 0 Å². The Morgan fingerprint density at radius 2 is 2.31 bits per heavy atom. The van der Waals surface area contributed by atoms with E-state index in [4.69, 9.17) is 0 Å². The third-order valence-electron chi connectivity index (χ3n) is 4.06. The molecule has 0 aromatic heterocycles. The van der Waals surface area contributed by atoms with E-state index in [1.165, 1.54) is 51.2 Å². The number of hydrogen-bond acceptors (Lipinski definition) is 3. The topological polar surface area (TPSA) is 15.3 Å². The standard InChI is InChI=1S/C13H26N2S/c1-3-12-9-15(7-8-16-12)10-13-11(2)5-4-6-14-13/h11-14H,3-10H2,1-2H3. The first-order valence-corrected chi connectivity index (χ1v) is 7.91. The van der Waals surface area contributed by atoms with Gasteiger partial charge in [0.2, 0.25) is 0 Å². The summed E-state index contributed by atoms with van der Waals surface area (Å²) in [6, 6.07) is 0.745. The minimum absolute atomic E-state index is 0.745. The molecule has 1 N–H and O–H groups in total. The van der Waals surface area contributed by atoms with Crippen LogP contribution in [0.2, 0.25) is 0 Å². The summed E-state index contributed by atoms with van der Waals surface area (Å²) in [6.45, 7) is 9.85. The lowest BCUT2D eigenvalue weighted by molar-refractivity contribution is 0.194. The molecule has 0 aromatic carbocycles. The molecule has 0 saturated carbocycles. The summed E-state index contributed by atoms with van der Waals surface area (Å²) >= 11 is 2.17. The van der Waals surface area contributed by atoms with Crippen molar-refractivity contribution in [2.75, 3.05) is 31.9 Å². The van der Waals surface area contributed by atoms with Gasteiger partial charge in [0, 0.05) is 36.7 Å². The molecule has 0 spiro atoms. The fourth-order valence-electron chi connectivity index (χ4n) is 2.83. The molecule has 3 unspecified atom stereocenters. The second kappa shape index (κ2) is 6.27. The summed E-state index contributed by atoms with van der Waals surface area (Å²) in [4.78, 5) is 2.68. The second-order valence-electron chi connectivity index (χ2n) is 5.34. The molecule has 2 rings (SSSR count). The van der Waals surface area contributed by atoms with Gasteiger partial charge in [0.1, 0.15) is 0 Å². The van der Waals surface area contributed by atoms with Crippen molar-refractivity contribution in [3.05, 3.63) is 0 Å². The van der Waals surface area contributed by atoms with E-state index in [0.717, 1.165) is 17.2 Å². The van der Waals surface area contributed by atoms with Gasteiger partial charge in [-0.2, -0.15) is 11.8 Å². The molecule has 0 bridgehead atoms. The summed E-state index contributed by atoms with van der Waals surface area (Å²) in [5.74, 6) is 2.20. The van der Waals surface area contributed by atoms with Crippen molar-refractivity contribution in [2.24, 2.45) is 5.92 Å². The van der Waals surface area contributed by atoms with Crippen molar-refractivity contribution in [3.63, 3.8) is 0 Å². The monoisotopic (exact) mass is 242 g/mol. The maximum absolute atomic E-state index is 3.70. The highest BCUT2D eigenvalue weighted by atomic mass is 32.2. The normalized spacial score (nSPS) is 37.5. The molecule has 94 valence electrons. The van der Waals surface area contributed by atoms with Gasteiger partial charge in [0.05, 0.1) is 0 Å². The largest absolute Gasteiger partial charge is 0.312 e. The van der Waals surface area contributed by atoms with E-state index in [1.807, 2.05) is 0 Å². The Labute approximate surface area is 105 Å². The number of piperidine rings is 1. The van der Waals surface area contributed by atoms with Crippen LogP contribution in [0.3, 0.4) is 0 Å². The van der Waals surface area contributed by atoms with E-state index < -0.39 is 0 Å². The third kappa shape index (κ3) is 3.38. The van der Waals surface area contributed by atoms with Gasteiger partial charge in [-0.15, -0.1) is 0 Å². The van der Waals surface area contributed by atoms with Crippen LogP contribution in [0.15, 0.2) is 0 Å². The molecule has 16 heavy (non-hydrogen) atoms. The smallest absolute Gasteiger partial charge is 0.0220 e. The number of hydrogen-bond donors (Lipinski definition) is 1. The summed E-state index contributed by atoms with van der Waals surface area (Å²) in [5, 5.41) is 4.58. The zero-order valence-corrected chi connectivity index (χ0v) is 11.6. The van der Waals surface area contributed by atoms with Crippen LogP contribution in [0.4, 0.5) is 0 Å². The number of nitrogens with zero attached hydrogens (tertiary/aromatic N) is 1. The molecule has 2 nitrogen and oxygen atoms in total. The van der Waals surface area contributed by atoms with Crippen LogP contribution in [-0.2, 0) is 0 Å². The lowest BCUT2D eigenvalue weighted by atomic mass is 9.92. The molecular formula is C13H26N2S. The Morgan fingerprint density at radius 1 is 1.44 bits per heavy atom. The molecular weight excluding hydrogens is 216 g/mol. The van der Waals surface area contributed by atoms with Crippen LogP contribution in [-0.4, -0.2) is 48.1 Å². The Bertz CT molecular complexity index is 210. The third-order valence-corrected chi connectivity index (χ3v) is 5.43. The molecule has 2 aliphatic heterocycles. The second-order valence-corrected chi connectivity index (χ2v) is 6.75. The molecule has 2 heterocycles. The molecule has 3 heteroatoms. The SMILES string of the molecule is CCC1CN(CC2NCCCC2C)CCS1. The van der Waals surface area contributed by atoms with Gasteiger partial charge in [0.25, 0.3) is 0 Å². The highest BCUT2D eigenvalue weighted by Crippen LogP contribution is 2.23. The average molecular weight is 242 g/mol. The highest BCUT2D eigenvalue weighted by Gasteiger charge is 2.25. The lowest BCUT2D eigenvalue weighted by Gasteiger charge is -2.38. The van der Waals surface area contributed by atoms with Crippen molar-refractivity contribution in [1.29, 1.82) is 0 Å². The van der Waals surface area contributed by atoms with Crippen LogP contribution < -0.4 is 5.32 Å². The van der Waals surface area contributed by atoms with Gasteiger partial charge < -0.3 is 5.32 Å². The van der Waals surface area contributed by atoms with Gasteiger partial charge in [-0.1, -0.05) is 13.8 Å². The van der Waals surface area contributed by atoms with E-state index in [1.54, 1.807) is 0 Å². The molecule has 3 atom stereocenters. The zero-order valence-electron chi connectivity index (χ0n) is 10.7. The first kappa shape index (κ1) is 12.7. The minimum Gasteiger partial charge on any atom is -0.312 e. The van der Waals surface area contributed by atoms with Gasteiger partial charge >= 0.3 is 0 Å². The quantitative estimate of drug-likeness (QED) is 0.817. The molecule has 0 amide bonds. The molecule has 0 aliphatic carbocycles. The molecule has 2 saturated heterocycles. The van der Waals surface area contributed by atoms with Crippen molar-refractivity contribution >= 4 is 11.8 Å². The molecule has 0 aromatic rings. The van der Waals surface area contributed by atoms with E-state index in [2.05, 4.69) is 35.8 Å². The Balaban J connectivity index is 1.79. The van der Waals surface area contributed by atoms with Crippen LogP contribution in [0.5, 0.6) is 0 Å². The summed E-state index contributed by atoms with van der Waals surface area (Å²) in [7, 11) is 0. The zero-order chi connectivity index (χ0) is 11.4. The van der Waals surface area contributed by atoms with Crippen molar-refractivity contribution in [3.8, 4) is 0 Å². The predicted octanol–water partition coefficient (Wildman–Crippen LogP) is 2.20. The van der Waals surface area contributed by atoms with E-state index >= 15 is 0 Å². The Morgan fingerprint density at radius 3 is 3.06 bits per heavy atom. The molecule has 2 aliphatic rings. The fourth-order valence-corrected chi connectivity index (χ4v) is 4.08. The predicted molar refractivity (Wildman–Crippen MR) is 73.2 cm³/mol. The molecule has 0 radical (unpaired) electrons. The van der Waals surface area contributed by atoms with Crippen molar-refractivity contribution in [2.45, 2.75) is 44.4 Å². The lowest BCUT2D eigenvalue weighted by Crippen LogP contribution is -2.50. The average Bonchev–Trinajstić information content (AvgIpc) is 2.32. The maximum atomic E-state index is 3.70. The minimum atomic E-state index is 0.745. The van der Waals surface area contributed by atoms with Gasteiger partial charge in [-0.3, -0.25) is 4.90 Å². The first-order chi connectivity index (χ1) is 7.79. The van der Waals surface area contributed by atoms with Gasteiger partial charge in [-0.25, -0.2) is 0 Å². The Kier molecular flexibility index (Phi) is 4.98. The van der Waals surface area contributed by atoms with E-state index in [-0.39, 0.29) is 0 Å². The summed E-state index contributed by atoms with van der Waals surface area (Å²) in [5.41, 5.74) is 0. The number of thioether (sulfide) groups is 1. The maximum Gasteiger partial charge on any atom is 0.0220 e. The van der Waals surface area contributed by atoms with Crippen molar-refractivity contribution < 1.29 is 0 Å². The number of rotatable bonds is 3. The highest BCUT2D eigenvalue weighted by molar-refractivity contribution is 8.00. The van der Waals surface area contributed by atoms with Gasteiger partial charge in [-0.05, 0) is 31.7 Å². The van der Waals surface area contributed by atoms with Crippen LogP contribution in [0.25, 0.3) is 0 Å². The van der Waals surface area contributed by atoms with Crippen molar-refractivity contribution in [1.82, 2.24) is 10.2 Å². The number of nitrogens with one attached hydrogen (secondary N) is 1. The van der Waals surface area contributed by atoms with Crippen LogP contribution >= 0.6 is 11.8 Å². The van der Waals surface area contributed by atoms with Crippen LogP contribution in [0, 0.1) is 5.92 Å². The summed E-state index contributed by atoms with van der Waals surface area (Å²) in [6.07, 6.45) is 4.11. The Hall–Kier alpha value is 0.270. The van der Waals surface area contributed by atoms with E-state index in [9.17, 15) is 0 Å². The fraction of sp³-hybridized carbons (Fsp3) is 1.00.